The topological polar surface area (TPSA) is 55.8 Å². The Morgan fingerprint density at radius 3 is 1.95 bits per heavy atom. The van der Waals surface area contributed by atoms with Crippen LogP contribution in [0.4, 0.5) is 0 Å². The first-order valence-corrected chi connectivity index (χ1v) is 15.1. The summed E-state index contributed by atoms with van der Waals surface area (Å²) in [5.74, 6) is 0.604. The van der Waals surface area contributed by atoms with Gasteiger partial charge in [-0.3, -0.25) is 9.59 Å². The molecule has 7 heteroatoms. The SMILES string of the molecule is CCCN1C2=C(C(=O)CC(C)(C)C2)C(c2cc(Cl)c(OCc3ccc(Cl)cc3)c(OC)c2)C2=C1CC(C)(C)CC2=O. The summed E-state index contributed by atoms with van der Waals surface area (Å²) in [5.41, 5.74) is 4.98. The van der Waals surface area contributed by atoms with Crippen molar-refractivity contribution in [3.63, 3.8) is 0 Å². The van der Waals surface area contributed by atoms with Crippen LogP contribution in [-0.2, 0) is 16.2 Å². The van der Waals surface area contributed by atoms with E-state index in [-0.39, 0.29) is 29.0 Å². The van der Waals surface area contributed by atoms with Crippen LogP contribution in [-0.4, -0.2) is 30.1 Å². The van der Waals surface area contributed by atoms with E-state index in [1.165, 1.54) is 0 Å². The number of ether oxygens (including phenoxy) is 2. The molecular weight excluding hydrogens is 557 g/mol. The summed E-state index contributed by atoms with van der Waals surface area (Å²) in [6.45, 7) is 11.8. The van der Waals surface area contributed by atoms with E-state index < -0.39 is 5.92 Å². The highest BCUT2D eigenvalue weighted by Crippen LogP contribution is 2.55. The van der Waals surface area contributed by atoms with Crippen LogP contribution in [0.2, 0.25) is 10.0 Å². The van der Waals surface area contributed by atoms with Gasteiger partial charge in [0.05, 0.1) is 12.1 Å². The summed E-state index contributed by atoms with van der Waals surface area (Å²) in [6, 6.07) is 11.2. The normalized spacial score (nSPS) is 20.2. The molecule has 2 aromatic carbocycles. The van der Waals surface area contributed by atoms with Crippen LogP contribution < -0.4 is 9.47 Å². The largest absolute Gasteiger partial charge is 0.493 e. The smallest absolute Gasteiger partial charge is 0.180 e. The minimum atomic E-state index is -0.489. The van der Waals surface area contributed by atoms with Crippen molar-refractivity contribution in [1.82, 2.24) is 4.90 Å². The zero-order valence-electron chi connectivity index (χ0n) is 24.8. The molecule has 0 amide bonds. The fourth-order valence-electron chi connectivity index (χ4n) is 6.66. The molecule has 3 aliphatic rings. The zero-order valence-corrected chi connectivity index (χ0v) is 26.3. The molecule has 1 aliphatic heterocycles. The van der Waals surface area contributed by atoms with E-state index in [0.717, 1.165) is 59.5 Å². The second-order valence-electron chi connectivity index (χ2n) is 13.1. The first-order valence-electron chi connectivity index (χ1n) is 14.4. The summed E-state index contributed by atoms with van der Waals surface area (Å²) in [7, 11) is 1.58. The number of Topliss-reactive ketones (excluding diaryl/α,β-unsaturated/α-hetero) is 2. The first kappa shape index (κ1) is 29.7. The Hall–Kier alpha value is -2.76. The summed E-state index contributed by atoms with van der Waals surface area (Å²) in [6.07, 6.45) is 3.36. The molecule has 0 aromatic heterocycles. The molecule has 0 unspecified atom stereocenters. The minimum absolute atomic E-state index is 0.102. The summed E-state index contributed by atoms with van der Waals surface area (Å²) < 4.78 is 11.9. The summed E-state index contributed by atoms with van der Waals surface area (Å²) in [4.78, 5) is 30.2. The molecule has 2 aromatic rings. The summed E-state index contributed by atoms with van der Waals surface area (Å²) in [5, 5.41) is 1.03. The Labute approximate surface area is 253 Å². The molecule has 0 atom stereocenters. The third-order valence-corrected chi connectivity index (χ3v) is 8.88. The molecule has 1 heterocycles. The zero-order chi connectivity index (χ0) is 29.7. The van der Waals surface area contributed by atoms with Gasteiger partial charge in [0, 0.05) is 52.9 Å². The highest BCUT2D eigenvalue weighted by atomic mass is 35.5. The molecule has 0 spiro atoms. The number of rotatable bonds is 7. The lowest BCUT2D eigenvalue weighted by Gasteiger charge is -2.49. The maximum atomic E-state index is 14.0. The van der Waals surface area contributed by atoms with Gasteiger partial charge in [-0.1, -0.05) is 70.0 Å². The number of carbonyl (C=O) groups excluding carboxylic acids is 2. The number of methoxy groups -OCH3 is 1. The fraction of sp³-hybridized carbons (Fsp3) is 0.471. The third kappa shape index (κ3) is 5.81. The molecule has 0 N–H and O–H groups in total. The molecule has 41 heavy (non-hydrogen) atoms. The number of hydrogen-bond donors (Lipinski definition) is 0. The van der Waals surface area contributed by atoms with E-state index in [1.54, 1.807) is 7.11 Å². The van der Waals surface area contributed by atoms with Gasteiger partial charge >= 0.3 is 0 Å². The van der Waals surface area contributed by atoms with E-state index in [9.17, 15) is 9.59 Å². The first-order chi connectivity index (χ1) is 19.3. The van der Waals surface area contributed by atoms with Gasteiger partial charge in [0.1, 0.15) is 6.61 Å². The maximum Gasteiger partial charge on any atom is 0.180 e. The number of carbonyl (C=O) groups is 2. The second-order valence-corrected chi connectivity index (χ2v) is 14.0. The Balaban J connectivity index is 1.65. The van der Waals surface area contributed by atoms with Crippen molar-refractivity contribution in [3.8, 4) is 11.5 Å². The lowest BCUT2D eigenvalue weighted by molar-refractivity contribution is -0.119. The van der Waals surface area contributed by atoms with Gasteiger partial charge in [-0.2, -0.15) is 0 Å². The van der Waals surface area contributed by atoms with Crippen molar-refractivity contribution >= 4 is 34.8 Å². The van der Waals surface area contributed by atoms with E-state index in [0.29, 0.717) is 34.4 Å². The highest BCUT2D eigenvalue weighted by molar-refractivity contribution is 6.32. The Morgan fingerprint density at radius 1 is 0.878 bits per heavy atom. The molecule has 0 fully saturated rings. The van der Waals surface area contributed by atoms with Gasteiger partial charge in [-0.05, 0) is 65.5 Å². The van der Waals surface area contributed by atoms with Crippen molar-refractivity contribution in [2.45, 2.75) is 79.2 Å². The van der Waals surface area contributed by atoms with E-state index >= 15 is 0 Å². The van der Waals surface area contributed by atoms with Crippen molar-refractivity contribution < 1.29 is 19.1 Å². The predicted molar refractivity (Wildman–Crippen MR) is 164 cm³/mol. The number of allylic oxidation sites excluding steroid dienone is 4. The average Bonchev–Trinajstić information content (AvgIpc) is 2.88. The van der Waals surface area contributed by atoms with Gasteiger partial charge in [-0.15, -0.1) is 0 Å². The van der Waals surface area contributed by atoms with Crippen LogP contribution in [0, 0.1) is 10.8 Å². The summed E-state index contributed by atoms with van der Waals surface area (Å²) >= 11 is 12.9. The molecule has 0 bridgehead atoms. The fourth-order valence-corrected chi connectivity index (χ4v) is 7.06. The van der Waals surface area contributed by atoms with Crippen LogP contribution in [0.15, 0.2) is 58.9 Å². The Morgan fingerprint density at radius 2 is 1.44 bits per heavy atom. The molecule has 0 saturated carbocycles. The van der Waals surface area contributed by atoms with Crippen molar-refractivity contribution in [1.29, 1.82) is 0 Å². The molecule has 5 rings (SSSR count). The number of nitrogens with zero attached hydrogens (tertiary/aromatic N) is 1. The lowest BCUT2D eigenvalue weighted by Crippen LogP contribution is -2.44. The third-order valence-electron chi connectivity index (χ3n) is 8.35. The van der Waals surface area contributed by atoms with E-state index in [4.69, 9.17) is 32.7 Å². The standard InChI is InChI=1S/C34H39Cl2NO4/c1-7-12-37-24-15-33(2,3)17-26(38)30(24)29(31-25(37)16-34(4,5)18-27(31)39)21-13-23(36)32(28(14-21)40-6)41-19-20-8-10-22(35)11-9-20/h8-11,13-14,29H,7,12,15-19H2,1-6H3. The molecular formula is C34H39Cl2NO4. The van der Waals surface area contributed by atoms with Crippen molar-refractivity contribution in [2.24, 2.45) is 10.8 Å². The van der Waals surface area contributed by atoms with Crippen molar-refractivity contribution in [3.05, 3.63) is 80.1 Å². The highest BCUT2D eigenvalue weighted by Gasteiger charge is 2.49. The predicted octanol–water partition coefficient (Wildman–Crippen LogP) is 8.68. The van der Waals surface area contributed by atoms with Gasteiger partial charge in [0.15, 0.2) is 23.1 Å². The van der Waals surface area contributed by atoms with Crippen LogP contribution in [0.1, 0.15) is 83.8 Å². The number of hydrogen-bond acceptors (Lipinski definition) is 5. The van der Waals surface area contributed by atoms with Gasteiger partial charge in [0.25, 0.3) is 0 Å². The number of benzene rings is 2. The number of ketones is 2. The Kier molecular flexibility index (Phi) is 8.08. The second kappa shape index (κ2) is 11.1. The van der Waals surface area contributed by atoms with E-state index in [1.807, 2.05) is 36.4 Å². The molecule has 2 aliphatic carbocycles. The minimum Gasteiger partial charge on any atom is -0.493 e. The van der Waals surface area contributed by atoms with Crippen LogP contribution in [0.25, 0.3) is 0 Å². The van der Waals surface area contributed by atoms with Gasteiger partial charge < -0.3 is 14.4 Å². The number of halogens is 2. The molecule has 218 valence electrons. The molecule has 0 saturated heterocycles. The molecule has 0 radical (unpaired) electrons. The van der Waals surface area contributed by atoms with E-state index in [2.05, 4.69) is 39.5 Å². The maximum absolute atomic E-state index is 14.0. The monoisotopic (exact) mass is 595 g/mol. The van der Waals surface area contributed by atoms with Gasteiger partial charge in [-0.25, -0.2) is 0 Å². The van der Waals surface area contributed by atoms with Crippen LogP contribution in [0.3, 0.4) is 0 Å². The molecule has 5 nitrogen and oxygen atoms in total. The Bertz CT molecular complexity index is 1400. The van der Waals surface area contributed by atoms with Crippen LogP contribution >= 0.6 is 23.2 Å². The van der Waals surface area contributed by atoms with Crippen molar-refractivity contribution in [2.75, 3.05) is 13.7 Å². The lowest BCUT2D eigenvalue weighted by atomic mass is 9.63. The van der Waals surface area contributed by atoms with Gasteiger partial charge in [0.2, 0.25) is 0 Å². The average molecular weight is 597 g/mol. The van der Waals surface area contributed by atoms with Crippen LogP contribution in [0.5, 0.6) is 11.5 Å². The quantitative estimate of drug-likeness (QED) is 0.320.